The number of phenols is 1. The summed E-state index contributed by atoms with van der Waals surface area (Å²) < 4.78 is 0. The molecule has 2 aromatic rings. The Kier molecular flexibility index (Phi) is 5.02. The molecule has 1 aliphatic rings. The van der Waals surface area contributed by atoms with Crippen molar-refractivity contribution in [2.45, 2.75) is 6.54 Å². The molecule has 27 heavy (non-hydrogen) atoms. The molecule has 0 bridgehead atoms. The summed E-state index contributed by atoms with van der Waals surface area (Å²) in [7, 11) is 0. The minimum Gasteiger partial charge on any atom is -0.502 e. The number of benzene rings is 2. The van der Waals surface area contributed by atoms with Crippen molar-refractivity contribution in [3.8, 4) is 5.75 Å². The smallest absolute Gasteiger partial charge is 0.329 e. The van der Waals surface area contributed by atoms with Crippen LogP contribution in [0.25, 0.3) is 6.08 Å². The molecule has 2 aromatic carbocycles. The lowest BCUT2D eigenvalue weighted by molar-refractivity contribution is -0.385. The molecular weight excluding hydrogens is 397 g/mol. The predicted molar refractivity (Wildman–Crippen MR) is 98.3 cm³/mol. The molecule has 2 N–H and O–H groups in total. The van der Waals surface area contributed by atoms with Crippen LogP contribution in [0.1, 0.15) is 11.1 Å². The zero-order chi connectivity index (χ0) is 19.7. The van der Waals surface area contributed by atoms with Crippen LogP contribution in [-0.2, 0) is 11.3 Å². The molecule has 138 valence electrons. The summed E-state index contributed by atoms with van der Waals surface area (Å²) in [4.78, 5) is 35.7. The van der Waals surface area contributed by atoms with Gasteiger partial charge in [-0.2, -0.15) is 0 Å². The number of phenolic OH excluding ortho intramolecular Hbond substituents is 1. The SMILES string of the molecule is O=C1N/C(=C\c2ccc(O)c([N+](=O)[O-])c2)C(=O)N1Cc1ccc(Cl)c(Cl)c1. The lowest BCUT2D eigenvalue weighted by Gasteiger charge is -2.12. The summed E-state index contributed by atoms with van der Waals surface area (Å²) in [5.41, 5.74) is 0.336. The summed E-state index contributed by atoms with van der Waals surface area (Å²) in [6.45, 7) is -0.0192. The van der Waals surface area contributed by atoms with E-state index in [1.807, 2.05) is 0 Å². The van der Waals surface area contributed by atoms with Gasteiger partial charge in [-0.15, -0.1) is 0 Å². The highest BCUT2D eigenvalue weighted by Crippen LogP contribution is 2.28. The van der Waals surface area contributed by atoms with Gasteiger partial charge in [-0.05, 0) is 35.4 Å². The molecular formula is C17H11Cl2N3O5. The molecule has 0 atom stereocenters. The van der Waals surface area contributed by atoms with Crippen LogP contribution >= 0.6 is 23.2 Å². The largest absolute Gasteiger partial charge is 0.502 e. The molecule has 8 nitrogen and oxygen atoms in total. The Hall–Kier alpha value is -3.10. The molecule has 1 fully saturated rings. The number of urea groups is 1. The van der Waals surface area contributed by atoms with Crippen molar-refractivity contribution in [3.63, 3.8) is 0 Å². The average molecular weight is 408 g/mol. The van der Waals surface area contributed by atoms with E-state index < -0.39 is 28.3 Å². The Bertz CT molecular complexity index is 1010. The number of nitro groups is 1. The van der Waals surface area contributed by atoms with E-state index in [9.17, 15) is 24.8 Å². The number of nitrogens with zero attached hydrogens (tertiary/aromatic N) is 2. The van der Waals surface area contributed by atoms with Gasteiger partial charge in [0.15, 0.2) is 5.75 Å². The number of halogens is 2. The third-order valence-electron chi connectivity index (χ3n) is 3.79. The van der Waals surface area contributed by atoms with Crippen LogP contribution in [0.3, 0.4) is 0 Å². The van der Waals surface area contributed by atoms with Crippen LogP contribution in [0, 0.1) is 10.1 Å². The number of amides is 3. The van der Waals surface area contributed by atoms with Crippen molar-refractivity contribution in [2.75, 3.05) is 0 Å². The maximum atomic E-state index is 12.5. The number of hydrogen-bond donors (Lipinski definition) is 2. The van der Waals surface area contributed by atoms with Gasteiger partial charge in [-0.25, -0.2) is 4.79 Å². The Balaban J connectivity index is 1.85. The van der Waals surface area contributed by atoms with Gasteiger partial charge in [0, 0.05) is 6.07 Å². The molecule has 3 amide bonds. The van der Waals surface area contributed by atoms with Crippen molar-refractivity contribution in [1.82, 2.24) is 10.2 Å². The summed E-state index contributed by atoms with van der Waals surface area (Å²) in [5.74, 6) is -1.09. The molecule has 1 saturated heterocycles. The third-order valence-corrected chi connectivity index (χ3v) is 4.53. The van der Waals surface area contributed by atoms with Crippen molar-refractivity contribution in [1.29, 1.82) is 0 Å². The molecule has 3 rings (SSSR count). The second kappa shape index (κ2) is 7.26. The Morgan fingerprint density at radius 2 is 1.89 bits per heavy atom. The minimum atomic E-state index is -0.747. The summed E-state index contributed by atoms with van der Waals surface area (Å²) in [5, 5.41) is 23.4. The van der Waals surface area contributed by atoms with E-state index in [4.69, 9.17) is 23.2 Å². The summed E-state index contributed by atoms with van der Waals surface area (Å²) >= 11 is 11.8. The second-order valence-corrected chi connectivity index (χ2v) is 6.45. The first-order valence-electron chi connectivity index (χ1n) is 7.52. The van der Waals surface area contributed by atoms with Gasteiger partial charge in [0.2, 0.25) is 0 Å². The standard InChI is InChI=1S/C17H11Cl2N3O5/c18-11-3-1-10(5-12(11)19)8-21-16(24)13(20-17(21)25)6-9-2-4-15(23)14(7-9)22(26)27/h1-7,23H,8H2,(H,20,25)/b13-6-. The molecule has 0 aliphatic carbocycles. The number of imide groups is 1. The topological polar surface area (TPSA) is 113 Å². The van der Waals surface area contributed by atoms with Crippen molar-refractivity contribution < 1.29 is 19.6 Å². The van der Waals surface area contributed by atoms with Crippen LogP contribution in [0.4, 0.5) is 10.5 Å². The van der Waals surface area contributed by atoms with E-state index >= 15 is 0 Å². The first-order valence-corrected chi connectivity index (χ1v) is 8.27. The quantitative estimate of drug-likeness (QED) is 0.347. The monoisotopic (exact) mass is 407 g/mol. The van der Waals surface area contributed by atoms with Gasteiger partial charge in [0.25, 0.3) is 5.91 Å². The lowest BCUT2D eigenvalue weighted by Crippen LogP contribution is -2.30. The number of hydrogen-bond acceptors (Lipinski definition) is 5. The lowest BCUT2D eigenvalue weighted by atomic mass is 10.1. The van der Waals surface area contributed by atoms with Gasteiger partial charge in [-0.1, -0.05) is 35.3 Å². The normalized spacial score (nSPS) is 15.3. The van der Waals surface area contributed by atoms with Gasteiger partial charge >= 0.3 is 11.7 Å². The zero-order valence-electron chi connectivity index (χ0n) is 13.5. The van der Waals surface area contributed by atoms with Crippen LogP contribution in [0.15, 0.2) is 42.1 Å². The number of nitrogens with one attached hydrogen (secondary N) is 1. The fraction of sp³-hybridized carbons (Fsp3) is 0.0588. The Morgan fingerprint density at radius 1 is 1.15 bits per heavy atom. The Labute approximate surface area is 162 Å². The maximum absolute atomic E-state index is 12.5. The van der Waals surface area contributed by atoms with E-state index in [1.165, 1.54) is 12.1 Å². The van der Waals surface area contributed by atoms with Gasteiger partial charge < -0.3 is 10.4 Å². The third kappa shape index (κ3) is 3.86. The number of carbonyl (C=O) groups excluding carboxylic acids is 2. The van der Waals surface area contributed by atoms with Crippen LogP contribution in [0.2, 0.25) is 10.0 Å². The van der Waals surface area contributed by atoms with E-state index in [2.05, 4.69) is 5.32 Å². The van der Waals surface area contributed by atoms with Crippen LogP contribution in [-0.4, -0.2) is 26.9 Å². The number of aromatic hydroxyl groups is 1. The highest BCUT2D eigenvalue weighted by molar-refractivity contribution is 6.42. The molecule has 10 heteroatoms. The number of nitro benzene ring substituents is 1. The van der Waals surface area contributed by atoms with E-state index in [0.717, 1.165) is 17.0 Å². The molecule has 0 aromatic heterocycles. The first-order chi connectivity index (χ1) is 12.8. The first kappa shape index (κ1) is 18.7. The van der Waals surface area contributed by atoms with E-state index in [0.29, 0.717) is 15.6 Å². The van der Waals surface area contributed by atoms with Gasteiger partial charge in [-0.3, -0.25) is 19.8 Å². The predicted octanol–water partition coefficient (Wildman–Crippen LogP) is 3.70. The van der Waals surface area contributed by atoms with Crippen molar-refractivity contribution >= 4 is 46.9 Å². The number of carbonyl (C=O) groups is 2. The highest BCUT2D eigenvalue weighted by atomic mass is 35.5. The molecule has 0 spiro atoms. The van der Waals surface area contributed by atoms with E-state index in [1.54, 1.807) is 18.2 Å². The van der Waals surface area contributed by atoms with Crippen LogP contribution in [0.5, 0.6) is 5.75 Å². The molecule has 0 saturated carbocycles. The molecule has 1 heterocycles. The fourth-order valence-corrected chi connectivity index (χ4v) is 2.80. The Morgan fingerprint density at radius 3 is 2.56 bits per heavy atom. The molecule has 1 aliphatic heterocycles. The van der Waals surface area contributed by atoms with Crippen molar-refractivity contribution in [3.05, 3.63) is 73.4 Å². The maximum Gasteiger partial charge on any atom is 0.329 e. The fourth-order valence-electron chi connectivity index (χ4n) is 2.48. The molecule has 0 radical (unpaired) electrons. The van der Waals surface area contributed by atoms with Crippen LogP contribution < -0.4 is 5.32 Å². The van der Waals surface area contributed by atoms with Crippen molar-refractivity contribution in [2.24, 2.45) is 0 Å². The molecule has 0 unspecified atom stereocenters. The second-order valence-electron chi connectivity index (χ2n) is 5.63. The zero-order valence-corrected chi connectivity index (χ0v) is 15.0. The average Bonchev–Trinajstić information content (AvgIpc) is 2.87. The highest BCUT2D eigenvalue weighted by Gasteiger charge is 2.33. The van der Waals surface area contributed by atoms with Gasteiger partial charge in [0.1, 0.15) is 5.70 Å². The van der Waals surface area contributed by atoms with E-state index in [-0.39, 0.29) is 17.8 Å². The summed E-state index contributed by atoms with van der Waals surface area (Å²) in [6, 6.07) is 7.74. The summed E-state index contributed by atoms with van der Waals surface area (Å²) in [6.07, 6.45) is 1.29. The number of rotatable bonds is 4. The minimum absolute atomic E-state index is 0.0192. The van der Waals surface area contributed by atoms with Gasteiger partial charge in [0.05, 0.1) is 21.5 Å².